The van der Waals surface area contributed by atoms with E-state index in [-0.39, 0.29) is 26.1 Å². The van der Waals surface area contributed by atoms with Gasteiger partial charge < -0.3 is 30.3 Å². The van der Waals surface area contributed by atoms with Crippen molar-refractivity contribution in [1.82, 2.24) is 10.6 Å². The molecule has 2 amide bonds. The van der Waals surface area contributed by atoms with Gasteiger partial charge in [-0.15, -0.1) is 0 Å². The molecule has 0 heterocycles. The van der Waals surface area contributed by atoms with Gasteiger partial charge in [0.15, 0.2) is 12.1 Å². The Bertz CT molecular complexity index is 573. The summed E-state index contributed by atoms with van der Waals surface area (Å²) in [7, 11) is 0. The molecule has 0 aliphatic heterocycles. The molecule has 0 radical (unpaired) electrons. The summed E-state index contributed by atoms with van der Waals surface area (Å²) in [4.78, 5) is 49.3. The lowest BCUT2D eigenvalue weighted by atomic mass is 9.69. The number of ether oxygens (including phenoxy) is 2. The van der Waals surface area contributed by atoms with Crippen molar-refractivity contribution in [3.05, 3.63) is 0 Å². The van der Waals surface area contributed by atoms with E-state index in [2.05, 4.69) is 10.6 Å². The van der Waals surface area contributed by atoms with Crippen LogP contribution < -0.4 is 10.6 Å². The highest BCUT2D eigenvalue weighted by Gasteiger charge is 2.38. The predicted molar refractivity (Wildman–Crippen MR) is 115 cm³/mol. The lowest BCUT2D eigenvalue weighted by Gasteiger charge is -2.37. The Balaban J connectivity index is 2.76. The van der Waals surface area contributed by atoms with Gasteiger partial charge in [-0.25, -0.2) is 9.59 Å². The highest BCUT2D eigenvalue weighted by Crippen LogP contribution is 2.42. The van der Waals surface area contributed by atoms with E-state index in [0.717, 1.165) is 19.3 Å². The number of hydrogen-bond donors (Lipinski definition) is 4. The Morgan fingerprint density at radius 1 is 0.781 bits per heavy atom. The van der Waals surface area contributed by atoms with Crippen LogP contribution in [0.5, 0.6) is 0 Å². The van der Waals surface area contributed by atoms with Gasteiger partial charge in [-0.3, -0.25) is 9.59 Å². The van der Waals surface area contributed by atoms with Gasteiger partial charge in [0.25, 0.3) is 0 Å². The number of amides is 2. The molecule has 0 aromatic rings. The number of hydrogen-bond acceptors (Lipinski definition) is 8. The summed E-state index contributed by atoms with van der Waals surface area (Å²) in [5.41, 5.74) is -0.632. The molecule has 0 aromatic carbocycles. The van der Waals surface area contributed by atoms with Crippen molar-refractivity contribution in [3.63, 3.8) is 0 Å². The second-order valence-electron chi connectivity index (χ2n) is 8.35. The van der Waals surface area contributed by atoms with E-state index in [1.54, 1.807) is 0 Å². The van der Waals surface area contributed by atoms with Gasteiger partial charge in [0, 0.05) is 12.8 Å². The lowest BCUT2D eigenvalue weighted by molar-refractivity contribution is -0.149. The molecule has 10 heteroatoms. The fourth-order valence-corrected chi connectivity index (χ4v) is 3.85. The van der Waals surface area contributed by atoms with Crippen LogP contribution in [-0.2, 0) is 28.7 Å². The van der Waals surface area contributed by atoms with Gasteiger partial charge >= 0.3 is 11.9 Å². The maximum Gasteiger partial charge on any atom is 0.331 e. The van der Waals surface area contributed by atoms with E-state index in [9.17, 15) is 29.4 Å². The normalized spacial score (nSPS) is 17.0. The van der Waals surface area contributed by atoms with Gasteiger partial charge in [-0.1, -0.05) is 33.1 Å². The zero-order valence-electron chi connectivity index (χ0n) is 19.2. The van der Waals surface area contributed by atoms with E-state index in [1.165, 1.54) is 0 Å². The topological polar surface area (TPSA) is 151 Å². The van der Waals surface area contributed by atoms with Crippen LogP contribution >= 0.6 is 0 Å². The van der Waals surface area contributed by atoms with E-state index in [4.69, 9.17) is 9.47 Å². The first-order chi connectivity index (χ1) is 15.3. The van der Waals surface area contributed by atoms with Gasteiger partial charge in [0.2, 0.25) is 11.8 Å². The van der Waals surface area contributed by atoms with Crippen molar-refractivity contribution >= 4 is 23.8 Å². The quantitative estimate of drug-likeness (QED) is 0.276. The van der Waals surface area contributed by atoms with Crippen molar-refractivity contribution in [2.75, 3.05) is 26.4 Å². The maximum atomic E-state index is 12.7. The molecule has 10 nitrogen and oxygen atoms in total. The summed E-state index contributed by atoms with van der Waals surface area (Å²) in [5.74, 6) is -2.30. The molecule has 0 unspecified atom stereocenters. The molecule has 2 atom stereocenters. The van der Waals surface area contributed by atoms with Gasteiger partial charge in [0.1, 0.15) is 0 Å². The minimum absolute atomic E-state index is 0.00203. The monoisotopic (exact) mass is 458 g/mol. The Hall–Kier alpha value is -2.20. The number of esters is 2. The molecule has 1 fully saturated rings. The van der Waals surface area contributed by atoms with Gasteiger partial charge in [-0.05, 0) is 31.1 Å². The van der Waals surface area contributed by atoms with Crippen LogP contribution in [0, 0.1) is 5.41 Å². The molecule has 0 saturated heterocycles. The van der Waals surface area contributed by atoms with E-state index in [1.807, 2.05) is 13.8 Å². The first kappa shape index (κ1) is 27.8. The van der Waals surface area contributed by atoms with Gasteiger partial charge in [0.05, 0.1) is 26.4 Å². The summed E-state index contributed by atoms with van der Waals surface area (Å²) in [5, 5.41) is 23.9. The molecule has 0 spiro atoms. The molecule has 4 N–H and O–H groups in total. The molecule has 1 aliphatic rings. The summed E-state index contributed by atoms with van der Waals surface area (Å²) >= 11 is 0. The second kappa shape index (κ2) is 14.8. The Morgan fingerprint density at radius 2 is 1.19 bits per heavy atom. The maximum absolute atomic E-state index is 12.7. The Morgan fingerprint density at radius 3 is 1.53 bits per heavy atom. The average Bonchev–Trinajstić information content (AvgIpc) is 2.78. The molecule has 32 heavy (non-hydrogen) atoms. The minimum Gasteiger partial charge on any atom is -0.464 e. The third kappa shape index (κ3) is 9.52. The summed E-state index contributed by atoms with van der Waals surface area (Å²) in [6.07, 6.45) is 5.23. The third-order valence-corrected chi connectivity index (χ3v) is 5.49. The van der Waals surface area contributed by atoms with Crippen molar-refractivity contribution in [2.24, 2.45) is 5.41 Å². The summed E-state index contributed by atoms with van der Waals surface area (Å²) in [6.45, 7) is 2.90. The average molecular weight is 459 g/mol. The first-order valence-corrected chi connectivity index (χ1v) is 11.4. The van der Waals surface area contributed by atoms with Crippen LogP contribution in [0.25, 0.3) is 0 Å². The standard InChI is InChI=1S/C22H38N2O8/c1-3-10-31-20(29)16(14-25)23-18(27)12-22(8-6-5-7-9-22)13-19(28)24-17(15-26)21(30)32-11-4-2/h16-17,25-26H,3-15H2,1-2H3,(H,23,27)(H,24,28)/t16-,17-/m1/s1. The van der Waals surface area contributed by atoms with E-state index < -0.39 is 54.5 Å². The number of nitrogens with one attached hydrogen (secondary N) is 2. The molecule has 1 rings (SSSR count). The number of carbonyl (C=O) groups excluding carboxylic acids is 4. The smallest absolute Gasteiger partial charge is 0.331 e. The second-order valence-corrected chi connectivity index (χ2v) is 8.35. The van der Waals surface area contributed by atoms with Crippen molar-refractivity contribution < 1.29 is 38.9 Å². The van der Waals surface area contributed by atoms with Crippen molar-refractivity contribution in [2.45, 2.75) is 83.7 Å². The molecule has 0 aromatic heterocycles. The Kier molecular flexibility index (Phi) is 12.9. The fraction of sp³-hybridized carbons (Fsp3) is 0.818. The van der Waals surface area contributed by atoms with Crippen LogP contribution in [0.2, 0.25) is 0 Å². The first-order valence-electron chi connectivity index (χ1n) is 11.4. The van der Waals surface area contributed by atoms with E-state index in [0.29, 0.717) is 25.7 Å². The third-order valence-electron chi connectivity index (χ3n) is 5.49. The van der Waals surface area contributed by atoms with Crippen LogP contribution in [-0.4, -0.2) is 72.5 Å². The van der Waals surface area contributed by atoms with Crippen LogP contribution in [0.15, 0.2) is 0 Å². The van der Waals surface area contributed by atoms with Crippen molar-refractivity contribution in [3.8, 4) is 0 Å². The molecular weight excluding hydrogens is 420 g/mol. The largest absolute Gasteiger partial charge is 0.464 e. The summed E-state index contributed by atoms with van der Waals surface area (Å²) < 4.78 is 9.97. The van der Waals surface area contributed by atoms with Crippen LogP contribution in [0.1, 0.15) is 71.6 Å². The van der Waals surface area contributed by atoms with Crippen molar-refractivity contribution in [1.29, 1.82) is 0 Å². The fourth-order valence-electron chi connectivity index (χ4n) is 3.85. The molecule has 1 saturated carbocycles. The number of aliphatic hydroxyl groups is 2. The number of rotatable bonds is 14. The SMILES string of the molecule is CCCOC(=O)[C@@H](CO)NC(=O)CC1(CC(=O)N[C@H](CO)C(=O)OCCC)CCCCC1. The number of aliphatic hydroxyl groups excluding tert-OH is 2. The zero-order chi connectivity index (χ0) is 24.0. The summed E-state index contributed by atoms with van der Waals surface area (Å²) in [6, 6.07) is -2.31. The lowest BCUT2D eigenvalue weighted by Crippen LogP contribution is -2.48. The van der Waals surface area contributed by atoms with E-state index >= 15 is 0 Å². The minimum atomic E-state index is -1.16. The van der Waals surface area contributed by atoms with Gasteiger partial charge in [-0.2, -0.15) is 0 Å². The molecular formula is C22H38N2O8. The van der Waals surface area contributed by atoms with Crippen LogP contribution in [0.4, 0.5) is 0 Å². The highest BCUT2D eigenvalue weighted by molar-refractivity contribution is 5.87. The highest BCUT2D eigenvalue weighted by atomic mass is 16.5. The molecule has 0 bridgehead atoms. The zero-order valence-corrected chi connectivity index (χ0v) is 19.2. The van der Waals surface area contributed by atoms with Crippen LogP contribution in [0.3, 0.4) is 0 Å². The Labute approximate surface area is 189 Å². The number of carbonyl (C=O) groups is 4. The molecule has 1 aliphatic carbocycles. The predicted octanol–water partition coefficient (Wildman–Crippen LogP) is 0.578. The molecule has 184 valence electrons.